The topological polar surface area (TPSA) is 20.3 Å². The van der Waals surface area contributed by atoms with Crippen molar-refractivity contribution in [3.63, 3.8) is 0 Å². The number of carbonyl (C=O) groups excluding carboxylic acids is 1. The summed E-state index contributed by atoms with van der Waals surface area (Å²) in [6.45, 7) is 1.68. The molecule has 1 aromatic carbocycles. The first-order chi connectivity index (χ1) is 7.88. The Hall–Kier alpha value is -1.23. The highest BCUT2D eigenvalue weighted by atomic mass is 35.5. The Balaban J connectivity index is 3.05. The molecule has 17 heavy (non-hydrogen) atoms. The average molecular weight is 266 g/mol. The summed E-state index contributed by atoms with van der Waals surface area (Å²) in [7, 11) is 1.45. The third kappa shape index (κ3) is 2.91. The molecular formula is C11H11ClF3NO. The van der Waals surface area contributed by atoms with Gasteiger partial charge in [0, 0.05) is 24.5 Å². The predicted octanol–water partition coefficient (Wildman–Crippen LogP) is 2.80. The minimum Gasteiger partial charge on any atom is -0.338 e. The van der Waals surface area contributed by atoms with Crippen molar-refractivity contribution < 1.29 is 18.0 Å². The number of hydrogen-bond acceptors (Lipinski definition) is 1. The molecule has 0 radical (unpaired) electrons. The van der Waals surface area contributed by atoms with Crippen LogP contribution >= 0.6 is 11.6 Å². The van der Waals surface area contributed by atoms with Gasteiger partial charge in [0.15, 0.2) is 17.5 Å². The summed E-state index contributed by atoms with van der Waals surface area (Å²) < 4.78 is 38.6. The number of hydrogen-bond donors (Lipinski definition) is 0. The fourth-order valence-corrected chi connectivity index (χ4v) is 1.39. The third-order valence-corrected chi connectivity index (χ3v) is 2.88. The Morgan fingerprint density at radius 2 is 1.82 bits per heavy atom. The van der Waals surface area contributed by atoms with Gasteiger partial charge in [0.2, 0.25) is 0 Å². The van der Waals surface area contributed by atoms with E-state index in [9.17, 15) is 18.0 Å². The van der Waals surface area contributed by atoms with Gasteiger partial charge in [-0.2, -0.15) is 0 Å². The van der Waals surface area contributed by atoms with Crippen LogP contribution in [0.5, 0.6) is 0 Å². The lowest BCUT2D eigenvalue weighted by Gasteiger charge is -2.23. The Kier molecular flexibility index (Phi) is 4.40. The summed E-state index contributed by atoms with van der Waals surface area (Å²) in [6, 6.07) is 1.04. The van der Waals surface area contributed by atoms with Crippen molar-refractivity contribution >= 4 is 17.5 Å². The molecule has 1 rings (SSSR count). The van der Waals surface area contributed by atoms with Crippen molar-refractivity contribution in [2.24, 2.45) is 0 Å². The molecule has 1 unspecified atom stereocenters. The molecule has 1 amide bonds. The minimum atomic E-state index is -1.59. The van der Waals surface area contributed by atoms with Crippen LogP contribution in [-0.2, 0) is 0 Å². The van der Waals surface area contributed by atoms with E-state index in [1.54, 1.807) is 6.92 Å². The van der Waals surface area contributed by atoms with Gasteiger partial charge in [-0.3, -0.25) is 4.79 Å². The second-order valence-electron chi connectivity index (χ2n) is 3.67. The maximum Gasteiger partial charge on any atom is 0.254 e. The lowest BCUT2D eigenvalue weighted by atomic mass is 10.1. The predicted molar refractivity (Wildman–Crippen MR) is 58.6 cm³/mol. The molecule has 1 atom stereocenters. The maximum absolute atomic E-state index is 12.9. The van der Waals surface area contributed by atoms with Crippen molar-refractivity contribution in [1.82, 2.24) is 4.90 Å². The van der Waals surface area contributed by atoms with Crippen LogP contribution in [0.25, 0.3) is 0 Å². The molecule has 0 bridgehead atoms. The number of carbonyl (C=O) groups is 1. The largest absolute Gasteiger partial charge is 0.338 e. The number of alkyl halides is 1. The first kappa shape index (κ1) is 13.8. The Labute approximate surface area is 102 Å². The number of nitrogens with zero attached hydrogens (tertiary/aromatic N) is 1. The molecule has 0 aromatic heterocycles. The second kappa shape index (κ2) is 5.40. The zero-order valence-electron chi connectivity index (χ0n) is 9.31. The number of amides is 1. The van der Waals surface area contributed by atoms with E-state index in [1.807, 2.05) is 0 Å². The SMILES string of the molecule is CC(CCl)N(C)C(=O)c1cc(F)c(F)c(F)c1. The molecule has 0 aliphatic heterocycles. The number of halogens is 4. The summed E-state index contributed by atoms with van der Waals surface area (Å²) >= 11 is 5.56. The first-order valence-corrected chi connectivity index (χ1v) is 5.39. The van der Waals surface area contributed by atoms with Crippen LogP contribution in [0, 0.1) is 17.5 Å². The fourth-order valence-electron chi connectivity index (χ4n) is 1.19. The van der Waals surface area contributed by atoms with Gasteiger partial charge in [0.1, 0.15) is 0 Å². The Bertz CT molecular complexity index is 416. The van der Waals surface area contributed by atoms with Gasteiger partial charge < -0.3 is 4.90 Å². The minimum absolute atomic E-state index is 0.189. The normalized spacial score (nSPS) is 12.4. The second-order valence-corrected chi connectivity index (χ2v) is 3.98. The van der Waals surface area contributed by atoms with Gasteiger partial charge in [-0.1, -0.05) is 0 Å². The molecule has 6 heteroatoms. The molecule has 0 N–H and O–H groups in total. The van der Waals surface area contributed by atoms with E-state index < -0.39 is 23.4 Å². The van der Waals surface area contributed by atoms with Crippen molar-refractivity contribution in [3.8, 4) is 0 Å². The summed E-state index contributed by atoms with van der Waals surface area (Å²) in [6.07, 6.45) is 0. The van der Waals surface area contributed by atoms with E-state index in [0.717, 1.165) is 0 Å². The Morgan fingerprint density at radius 1 is 1.35 bits per heavy atom. The summed E-state index contributed by atoms with van der Waals surface area (Å²) in [5, 5.41) is 0. The fraction of sp³-hybridized carbons (Fsp3) is 0.364. The monoisotopic (exact) mass is 265 g/mol. The Morgan fingerprint density at radius 3 is 2.24 bits per heavy atom. The standard InChI is InChI=1S/C11H11ClF3NO/c1-6(5-12)16(2)11(17)7-3-8(13)10(15)9(14)4-7/h3-4,6H,5H2,1-2H3. The van der Waals surface area contributed by atoms with Crippen LogP contribution in [0.15, 0.2) is 12.1 Å². The molecule has 94 valence electrons. The molecule has 0 heterocycles. The zero-order valence-corrected chi connectivity index (χ0v) is 10.1. The third-order valence-electron chi connectivity index (χ3n) is 2.44. The highest BCUT2D eigenvalue weighted by Crippen LogP contribution is 2.15. The van der Waals surface area contributed by atoms with Crippen molar-refractivity contribution in [1.29, 1.82) is 0 Å². The maximum atomic E-state index is 12.9. The van der Waals surface area contributed by atoms with Crippen LogP contribution in [-0.4, -0.2) is 29.8 Å². The van der Waals surface area contributed by atoms with E-state index in [2.05, 4.69) is 0 Å². The van der Waals surface area contributed by atoms with Gasteiger partial charge in [-0.05, 0) is 19.1 Å². The molecule has 0 fully saturated rings. The van der Waals surface area contributed by atoms with Gasteiger partial charge in [-0.25, -0.2) is 13.2 Å². The van der Waals surface area contributed by atoms with E-state index in [4.69, 9.17) is 11.6 Å². The molecule has 2 nitrogen and oxygen atoms in total. The van der Waals surface area contributed by atoms with Crippen LogP contribution in [0.2, 0.25) is 0 Å². The highest BCUT2D eigenvalue weighted by molar-refractivity contribution is 6.18. The van der Waals surface area contributed by atoms with E-state index in [-0.39, 0.29) is 17.5 Å². The van der Waals surface area contributed by atoms with E-state index in [0.29, 0.717) is 12.1 Å². The van der Waals surface area contributed by atoms with Gasteiger partial charge >= 0.3 is 0 Å². The van der Waals surface area contributed by atoms with Crippen LogP contribution < -0.4 is 0 Å². The van der Waals surface area contributed by atoms with Crippen molar-refractivity contribution in [2.75, 3.05) is 12.9 Å². The van der Waals surface area contributed by atoms with Crippen LogP contribution in [0.1, 0.15) is 17.3 Å². The highest BCUT2D eigenvalue weighted by Gasteiger charge is 2.20. The molecule has 0 aliphatic carbocycles. The van der Waals surface area contributed by atoms with Gasteiger partial charge in [0.25, 0.3) is 5.91 Å². The smallest absolute Gasteiger partial charge is 0.254 e. The van der Waals surface area contributed by atoms with Crippen molar-refractivity contribution in [2.45, 2.75) is 13.0 Å². The molecule has 0 spiro atoms. The van der Waals surface area contributed by atoms with Crippen molar-refractivity contribution in [3.05, 3.63) is 35.1 Å². The lowest BCUT2D eigenvalue weighted by molar-refractivity contribution is 0.0755. The molecule has 0 aliphatic rings. The van der Waals surface area contributed by atoms with Gasteiger partial charge in [0.05, 0.1) is 0 Å². The van der Waals surface area contributed by atoms with Gasteiger partial charge in [-0.15, -0.1) is 11.6 Å². The van der Waals surface area contributed by atoms with Crippen LogP contribution in [0.4, 0.5) is 13.2 Å². The number of rotatable bonds is 3. The van der Waals surface area contributed by atoms with E-state index in [1.165, 1.54) is 11.9 Å². The zero-order chi connectivity index (χ0) is 13.2. The summed E-state index contributed by atoms with van der Waals surface area (Å²) in [4.78, 5) is 13.0. The molecule has 1 aromatic rings. The average Bonchev–Trinajstić information content (AvgIpc) is 2.32. The summed E-state index contributed by atoms with van der Waals surface area (Å²) in [5.74, 6) is -4.79. The molecule has 0 saturated heterocycles. The number of benzene rings is 1. The quantitative estimate of drug-likeness (QED) is 0.608. The first-order valence-electron chi connectivity index (χ1n) is 4.86. The molecular weight excluding hydrogens is 255 g/mol. The molecule has 0 saturated carbocycles. The summed E-state index contributed by atoms with van der Waals surface area (Å²) in [5.41, 5.74) is -0.249. The lowest BCUT2D eigenvalue weighted by Crippen LogP contribution is -2.36. The van der Waals surface area contributed by atoms with Crippen LogP contribution in [0.3, 0.4) is 0 Å². The van der Waals surface area contributed by atoms with E-state index >= 15 is 0 Å².